The molecule has 0 unspecified atom stereocenters. The van der Waals surface area contributed by atoms with Crippen LogP contribution in [0.5, 0.6) is 0 Å². The number of nitrogens with zero attached hydrogens (tertiary/aromatic N) is 1. The van der Waals surface area contributed by atoms with Crippen LogP contribution in [0, 0.1) is 19.3 Å². The van der Waals surface area contributed by atoms with Gasteiger partial charge in [0.1, 0.15) is 0 Å². The van der Waals surface area contributed by atoms with Gasteiger partial charge in [0.25, 0.3) is 0 Å². The van der Waals surface area contributed by atoms with Gasteiger partial charge in [-0.1, -0.05) is 0 Å². The minimum absolute atomic E-state index is 0.251. The van der Waals surface area contributed by atoms with Gasteiger partial charge in [-0.2, -0.15) is 0 Å². The molecule has 7 heteroatoms. The quantitative estimate of drug-likeness (QED) is 0.216. The van der Waals surface area contributed by atoms with Gasteiger partial charge in [-0.05, 0) is 0 Å². The third-order valence-electron chi connectivity index (χ3n) is 8.39. The number of fused-ring (bicyclic) bond motifs is 1. The van der Waals surface area contributed by atoms with E-state index in [9.17, 15) is 13.2 Å². The number of hydrogen-bond acceptors (Lipinski definition) is 4. The van der Waals surface area contributed by atoms with Gasteiger partial charge in [0, 0.05) is 0 Å². The summed E-state index contributed by atoms with van der Waals surface area (Å²) in [6.07, 6.45) is 4.60. The number of carbonyl (C=O) groups is 1. The van der Waals surface area contributed by atoms with E-state index < -0.39 is 39.9 Å². The van der Waals surface area contributed by atoms with E-state index >= 15 is 0 Å². The summed E-state index contributed by atoms with van der Waals surface area (Å²) in [6, 6.07) is 14.4. The van der Waals surface area contributed by atoms with Gasteiger partial charge in [0.15, 0.2) is 0 Å². The van der Waals surface area contributed by atoms with Crippen molar-refractivity contribution in [2.75, 3.05) is 13.7 Å². The molecule has 0 aliphatic carbocycles. The Kier molecular flexibility index (Phi) is 8.61. The predicted molar refractivity (Wildman–Crippen MR) is 152 cm³/mol. The number of unbranched alkanes of at least 4 members (excludes halogenated alkanes) is 2. The minimum atomic E-state index is -3.85. The summed E-state index contributed by atoms with van der Waals surface area (Å²) in [4.78, 5) is 14.2. The average molecular weight is 630 g/mol. The van der Waals surface area contributed by atoms with Crippen molar-refractivity contribution in [3.8, 4) is 0 Å². The molecule has 2 atom stereocenters. The molecule has 0 spiro atoms. The Morgan fingerprint density at radius 2 is 1.51 bits per heavy atom. The van der Waals surface area contributed by atoms with Crippen LogP contribution in [0.2, 0.25) is 13.3 Å². The molecule has 0 bridgehead atoms. The molecular weight excluding hydrogens is 589 g/mol. The first-order valence-corrected chi connectivity index (χ1v) is 22.7. The number of esters is 1. The maximum absolute atomic E-state index is 14.1. The molecular formula is C30H41NO4SSn. The van der Waals surface area contributed by atoms with Crippen LogP contribution >= 0.6 is 0 Å². The zero-order valence-corrected chi connectivity index (χ0v) is 26.6. The van der Waals surface area contributed by atoms with E-state index in [1.54, 1.807) is 16.4 Å². The third-order valence-corrected chi connectivity index (χ3v) is 24.3. The molecule has 2 aliphatic heterocycles. The fourth-order valence-corrected chi connectivity index (χ4v) is 24.9. The number of aryl methyl sites for hydroxylation is 2. The average Bonchev–Trinajstić information content (AvgIpc) is 3.38. The predicted octanol–water partition coefficient (Wildman–Crippen LogP) is 6.74. The van der Waals surface area contributed by atoms with E-state index in [0.29, 0.717) is 0 Å². The molecule has 200 valence electrons. The standard InChI is InChI=1S/C22H23NO4S.2C4H9.Sn/c1-15-6-10-18(11-7-15)20-22(4,21(24)27-5)17(3)14-23(20)28(25,26)19-12-8-16(2)9-13-19;2*1-3-4-2;/h3,6-13,20H,4,14H2,1-2,5H3;2*1,3-4H2,2H3;/t20-,22-;;;/m0.../s1. The molecule has 4 rings (SSSR count). The first-order chi connectivity index (χ1) is 17.6. The fraction of sp³-hybridized carbons (Fsp3) is 0.500. The molecule has 2 heterocycles. The van der Waals surface area contributed by atoms with E-state index in [2.05, 4.69) is 17.9 Å². The molecule has 2 aliphatic rings. The number of benzene rings is 2. The zero-order valence-electron chi connectivity index (χ0n) is 22.9. The van der Waals surface area contributed by atoms with Crippen LogP contribution in [-0.2, 0) is 19.6 Å². The van der Waals surface area contributed by atoms with E-state index in [1.165, 1.54) is 28.8 Å². The number of methoxy groups -OCH3 is 1. The first kappa shape index (κ1) is 28.4. The normalized spacial score (nSPS) is 23.1. The van der Waals surface area contributed by atoms with Crippen LogP contribution in [0.15, 0.2) is 63.1 Å². The number of rotatable bonds is 10. The van der Waals surface area contributed by atoms with Gasteiger partial charge >= 0.3 is 228 Å². The van der Waals surface area contributed by atoms with E-state index in [0.717, 1.165) is 39.5 Å². The van der Waals surface area contributed by atoms with E-state index in [4.69, 9.17) is 4.74 Å². The molecule has 0 amide bonds. The van der Waals surface area contributed by atoms with Crippen molar-refractivity contribution in [1.29, 1.82) is 0 Å². The van der Waals surface area contributed by atoms with Crippen molar-refractivity contribution in [2.24, 2.45) is 5.41 Å². The summed E-state index contributed by atoms with van der Waals surface area (Å²) in [5, 5.41) is 0. The van der Waals surface area contributed by atoms with E-state index in [1.807, 2.05) is 50.2 Å². The Hall–Kier alpha value is -1.64. The van der Waals surface area contributed by atoms with Crippen molar-refractivity contribution in [1.82, 2.24) is 4.31 Å². The first-order valence-electron chi connectivity index (χ1n) is 13.6. The summed E-state index contributed by atoms with van der Waals surface area (Å²) >= 11 is -2.91. The van der Waals surface area contributed by atoms with Gasteiger partial charge in [-0.25, -0.2) is 0 Å². The molecule has 0 N–H and O–H groups in total. The molecule has 2 aromatic carbocycles. The van der Waals surface area contributed by atoms with Crippen molar-refractivity contribution in [3.63, 3.8) is 0 Å². The molecule has 2 aromatic rings. The second kappa shape index (κ2) is 11.2. The van der Waals surface area contributed by atoms with Gasteiger partial charge in [-0.3, -0.25) is 0 Å². The number of ether oxygens (including phenoxy) is 1. The van der Waals surface area contributed by atoms with Crippen molar-refractivity contribution in [3.05, 3.63) is 74.9 Å². The molecule has 0 radical (unpaired) electrons. The van der Waals surface area contributed by atoms with Crippen LogP contribution in [-0.4, -0.2) is 50.7 Å². The van der Waals surface area contributed by atoms with Crippen molar-refractivity contribution in [2.45, 2.75) is 77.6 Å². The third kappa shape index (κ3) is 5.18. The van der Waals surface area contributed by atoms with Crippen molar-refractivity contribution < 1.29 is 17.9 Å². The number of carbonyl (C=O) groups excluding carboxylic acids is 1. The van der Waals surface area contributed by atoms with E-state index in [-0.39, 0.29) is 17.4 Å². The maximum atomic E-state index is 14.1. The molecule has 37 heavy (non-hydrogen) atoms. The van der Waals surface area contributed by atoms with Gasteiger partial charge in [0.2, 0.25) is 0 Å². The van der Waals surface area contributed by atoms with Gasteiger partial charge < -0.3 is 0 Å². The topological polar surface area (TPSA) is 63.7 Å². The van der Waals surface area contributed by atoms with Gasteiger partial charge in [0.05, 0.1) is 0 Å². The molecule has 1 saturated heterocycles. The summed E-state index contributed by atoms with van der Waals surface area (Å²) in [7, 11) is -2.40. The van der Waals surface area contributed by atoms with Crippen LogP contribution in [0.1, 0.15) is 62.3 Å². The Labute approximate surface area is 227 Å². The van der Waals surface area contributed by atoms with Crippen molar-refractivity contribution >= 4 is 34.4 Å². The summed E-state index contributed by atoms with van der Waals surface area (Å²) in [6.45, 7) is 8.67. The molecule has 0 saturated carbocycles. The monoisotopic (exact) mass is 631 g/mol. The fourth-order valence-electron chi connectivity index (χ4n) is 6.45. The number of hydrogen-bond donors (Lipinski definition) is 0. The van der Waals surface area contributed by atoms with Gasteiger partial charge in [-0.15, -0.1) is 0 Å². The SMILES string of the molecule is CCC[CH2][Sn]1([CH2]CCC)[CH]=C2CN(S(=O)(=O)c3ccc(C)cc3)[C@@H](c3ccc(C)cc3)[C@]2(C(=O)OC)[CH2]1. The Balaban J connectivity index is 1.92. The van der Waals surface area contributed by atoms with Crippen LogP contribution in [0.4, 0.5) is 0 Å². The Morgan fingerprint density at radius 1 is 0.973 bits per heavy atom. The van der Waals surface area contributed by atoms with Crippen LogP contribution < -0.4 is 0 Å². The Bertz CT molecular complexity index is 1250. The zero-order chi connectivity index (χ0) is 26.8. The second-order valence-corrected chi connectivity index (χ2v) is 25.4. The molecule has 0 aromatic heterocycles. The summed E-state index contributed by atoms with van der Waals surface area (Å²) in [5.41, 5.74) is 3.02. The second-order valence-electron chi connectivity index (χ2n) is 11.1. The summed E-state index contributed by atoms with van der Waals surface area (Å²) in [5.74, 6) is -0.280. The summed E-state index contributed by atoms with van der Waals surface area (Å²) < 4.78 is 41.1. The van der Waals surface area contributed by atoms with Crippen LogP contribution in [0.25, 0.3) is 0 Å². The molecule has 5 nitrogen and oxygen atoms in total. The molecule has 1 fully saturated rings. The number of sulfonamides is 1. The Morgan fingerprint density at radius 3 is 2.03 bits per heavy atom. The van der Waals surface area contributed by atoms with Crippen LogP contribution in [0.3, 0.4) is 0 Å².